The van der Waals surface area contributed by atoms with Gasteiger partial charge in [0.25, 0.3) is 0 Å². The van der Waals surface area contributed by atoms with Crippen LogP contribution in [-0.4, -0.2) is 16.9 Å². The molecule has 5 heteroatoms. The number of aromatic nitrogens is 1. The van der Waals surface area contributed by atoms with Crippen molar-refractivity contribution in [3.05, 3.63) is 60.0 Å². The fraction of sp³-hybridized carbons (Fsp3) is 0.263. The Balaban J connectivity index is 1.78. The van der Waals surface area contributed by atoms with Gasteiger partial charge in [-0.2, -0.15) is 0 Å². The third kappa shape index (κ3) is 3.63. The Morgan fingerprint density at radius 1 is 1.21 bits per heavy atom. The van der Waals surface area contributed by atoms with Crippen LogP contribution >= 0.6 is 0 Å². The summed E-state index contributed by atoms with van der Waals surface area (Å²) in [5.41, 5.74) is 9.08. The normalized spacial score (nSPS) is 12.5. The van der Waals surface area contributed by atoms with Crippen LogP contribution in [0.25, 0.3) is 11.1 Å². The number of rotatable bonds is 5. The standard InChI is InChI=1S/C19H21N3O2/c1-12(2)18(20)19(23)21-14-8-9-15-16(11-14)24-17(22-15)10-13-6-4-3-5-7-13/h3-9,11-12,18H,10,20H2,1-2H3,(H,21,23)/t18-/m0/s1. The van der Waals surface area contributed by atoms with E-state index in [-0.39, 0.29) is 11.8 Å². The molecule has 24 heavy (non-hydrogen) atoms. The molecular weight excluding hydrogens is 302 g/mol. The lowest BCUT2D eigenvalue weighted by Gasteiger charge is -2.15. The topological polar surface area (TPSA) is 81.2 Å². The molecule has 3 aromatic rings. The van der Waals surface area contributed by atoms with Crippen molar-refractivity contribution in [1.82, 2.24) is 4.98 Å². The van der Waals surface area contributed by atoms with Crippen molar-refractivity contribution in [3.63, 3.8) is 0 Å². The van der Waals surface area contributed by atoms with Crippen molar-refractivity contribution in [3.8, 4) is 0 Å². The van der Waals surface area contributed by atoms with Crippen molar-refractivity contribution in [2.45, 2.75) is 26.3 Å². The fourth-order valence-corrected chi connectivity index (χ4v) is 2.42. The lowest BCUT2D eigenvalue weighted by molar-refractivity contribution is -0.118. The smallest absolute Gasteiger partial charge is 0.241 e. The number of anilines is 1. The van der Waals surface area contributed by atoms with Gasteiger partial charge in [-0.3, -0.25) is 4.79 Å². The van der Waals surface area contributed by atoms with Crippen LogP contribution in [0.15, 0.2) is 52.9 Å². The van der Waals surface area contributed by atoms with Gasteiger partial charge in [0.1, 0.15) is 5.52 Å². The molecule has 1 amide bonds. The Labute approximate surface area is 140 Å². The Hall–Kier alpha value is -2.66. The van der Waals surface area contributed by atoms with Gasteiger partial charge in [-0.05, 0) is 23.6 Å². The van der Waals surface area contributed by atoms with Gasteiger partial charge < -0.3 is 15.5 Å². The van der Waals surface area contributed by atoms with Gasteiger partial charge in [-0.1, -0.05) is 44.2 Å². The molecule has 0 saturated heterocycles. The minimum atomic E-state index is -0.538. The lowest BCUT2D eigenvalue weighted by Crippen LogP contribution is -2.39. The second kappa shape index (κ2) is 6.84. The zero-order valence-electron chi connectivity index (χ0n) is 13.8. The van der Waals surface area contributed by atoms with Crippen molar-refractivity contribution in [2.75, 3.05) is 5.32 Å². The number of carbonyl (C=O) groups excluding carboxylic acids is 1. The molecule has 0 radical (unpaired) electrons. The average Bonchev–Trinajstić information content (AvgIpc) is 2.96. The molecule has 3 rings (SSSR count). The molecule has 1 atom stereocenters. The third-order valence-electron chi connectivity index (χ3n) is 3.92. The van der Waals surface area contributed by atoms with E-state index in [0.717, 1.165) is 11.1 Å². The van der Waals surface area contributed by atoms with Crippen LogP contribution in [0.4, 0.5) is 5.69 Å². The second-order valence-electron chi connectivity index (χ2n) is 6.21. The molecule has 0 spiro atoms. The highest BCUT2D eigenvalue weighted by Crippen LogP contribution is 2.22. The van der Waals surface area contributed by atoms with Crippen LogP contribution in [0, 0.1) is 5.92 Å². The van der Waals surface area contributed by atoms with Crippen LogP contribution in [-0.2, 0) is 11.2 Å². The van der Waals surface area contributed by atoms with Crippen molar-refractivity contribution >= 4 is 22.7 Å². The molecule has 0 aliphatic heterocycles. The van der Waals surface area contributed by atoms with Crippen LogP contribution in [0.1, 0.15) is 25.3 Å². The highest BCUT2D eigenvalue weighted by atomic mass is 16.3. The molecule has 0 fully saturated rings. The van der Waals surface area contributed by atoms with Crippen molar-refractivity contribution in [2.24, 2.45) is 11.7 Å². The molecule has 3 N–H and O–H groups in total. The van der Waals surface area contributed by atoms with Gasteiger partial charge in [-0.25, -0.2) is 4.98 Å². The first-order chi connectivity index (χ1) is 11.5. The summed E-state index contributed by atoms with van der Waals surface area (Å²) in [6.45, 7) is 3.83. The molecule has 0 bridgehead atoms. The van der Waals surface area contributed by atoms with Crippen LogP contribution in [0.5, 0.6) is 0 Å². The fourth-order valence-electron chi connectivity index (χ4n) is 2.42. The molecular formula is C19H21N3O2. The summed E-state index contributed by atoms with van der Waals surface area (Å²) in [6.07, 6.45) is 0.634. The van der Waals surface area contributed by atoms with E-state index in [0.29, 0.717) is 23.6 Å². The maximum atomic E-state index is 12.1. The zero-order chi connectivity index (χ0) is 17.1. The number of nitrogens with two attached hydrogens (primary N) is 1. The first-order valence-corrected chi connectivity index (χ1v) is 8.03. The summed E-state index contributed by atoms with van der Waals surface area (Å²) >= 11 is 0. The highest BCUT2D eigenvalue weighted by Gasteiger charge is 2.17. The monoisotopic (exact) mass is 323 g/mol. The van der Waals surface area contributed by atoms with Gasteiger partial charge in [0.15, 0.2) is 11.5 Å². The van der Waals surface area contributed by atoms with Gasteiger partial charge >= 0.3 is 0 Å². The van der Waals surface area contributed by atoms with Crippen molar-refractivity contribution in [1.29, 1.82) is 0 Å². The zero-order valence-corrected chi connectivity index (χ0v) is 13.8. The quantitative estimate of drug-likeness (QED) is 0.754. The number of oxazole rings is 1. The Morgan fingerprint density at radius 3 is 2.67 bits per heavy atom. The number of carbonyl (C=O) groups is 1. The van der Waals surface area contributed by atoms with Gasteiger partial charge in [0.2, 0.25) is 5.91 Å². The lowest BCUT2D eigenvalue weighted by atomic mass is 10.0. The number of hydrogen-bond donors (Lipinski definition) is 2. The maximum Gasteiger partial charge on any atom is 0.241 e. The van der Waals surface area contributed by atoms with Crippen LogP contribution < -0.4 is 11.1 Å². The Morgan fingerprint density at radius 2 is 1.96 bits per heavy atom. The molecule has 0 unspecified atom stereocenters. The van der Waals surface area contributed by atoms with Crippen molar-refractivity contribution < 1.29 is 9.21 Å². The molecule has 0 saturated carbocycles. The minimum absolute atomic E-state index is 0.0801. The number of hydrogen-bond acceptors (Lipinski definition) is 4. The van der Waals surface area contributed by atoms with E-state index in [2.05, 4.69) is 10.3 Å². The molecule has 0 aliphatic carbocycles. The Kier molecular flexibility index (Phi) is 4.62. The van der Waals surface area contributed by atoms with Gasteiger partial charge in [0.05, 0.1) is 6.04 Å². The van der Waals surface area contributed by atoms with Gasteiger partial charge in [-0.15, -0.1) is 0 Å². The number of benzene rings is 2. The number of nitrogens with one attached hydrogen (secondary N) is 1. The maximum absolute atomic E-state index is 12.1. The van der Waals surface area contributed by atoms with Crippen LogP contribution in [0.2, 0.25) is 0 Å². The first-order valence-electron chi connectivity index (χ1n) is 8.03. The summed E-state index contributed by atoms with van der Waals surface area (Å²) in [5.74, 6) is 0.531. The molecule has 1 heterocycles. The largest absolute Gasteiger partial charge is 0.440 e. The predicted octanol–water partition coefficient (Wildman–Crippen LogP) is 3.34. The van der Waals surface area contributed by atoms with E-state index in [4.69, 9.17) is 10.2 Å². The van der Waals surface area contributed by atoms with E-state index in [9.17, 15) is 4.79 Å². The van der Waals surface area contributed by atoms with E-state index < -0.39 is 6.04 Å². The first kappa shape index (κ1) is 16.2. The summed E-state index contributed by atoms with van der Waals surface area (Å²) in [5, 5.41) is 2.82. The van der Waals surface area contributed by atoms with E-state index >= 15 is 0 Å². The van der Waals surface area contributed by atoms with E-state index in [1.807, 2.05) is 56.3 Å². The molecule has 0 aliphatic rings. The highest BCUT2D eigenvalue weighted by molar-refractivity contribution is 5.96. The van der Waals surface area contributed by atoms with Crippen LogP contribution in [0.3, 0.4) is 0 Å². The second-order valence-corrected chi connectivity index (χ2v) is 6.21. The number of fused-ring (bicyclic) bond motifs is 1. The molecule has 5 nitrogen and oxygen atoms in total. The molecule has 1 aromatic heterocycles. The summed E-state index contributed by atoms with van der Waals surface area (Å²) in [7, 11) is 0. The SMILES string of the molecule is CC(C)[C@H](N)C(=O)Nc1ccc2nc(Cc3ccccc3)oc2c1. The third-order valence-corrected chi connectivity index (χ3v) is 3.92. The van der Waals surface area contributed by atoms with Gasteiger partial charge in [0, 0.05) is 18.2 Å². The predicted molar refractivity (Wildman–Crippen MR) is 94.7 cm³/mol. The summed E-state index contributed by atoms with van der Waals surface area (Å²) < 4.78 is 5.81. The summed E-state index contributed by atoms with van der Waals surface area (Å²) in [6, 6.07) is 14.9. The van der Waals surface area contributed by atoms with E-state index in [1.54, 1.807) is 6.07 Å². The number of nitrogens with zero attached hydrogens (tertiary/aromatic N) is 1. The Bertz CT molecular complexity index is 840. The summed E-state index contributed by atoms with van der Waals surface area (Å²) in [4.78, 5) is 16.5. The molecule has 124 valence electrons. The van der Waals surface area contributed by atoms with E-state index in [1.165, 1.54) is 0 Å². The average molecular weight is 323 g/mol. The molecule has 2 aromatic carbocycles. The number of amides is 1. The minimum Gasteiger partial charge on any atom is -0.440 e.